The van der Waals surface area contributed by atoms with E-state index < -0.39 is 10.0 Å². The second-order valence-corrected chi connectivity index (χ2v) is 9.63. The molecule has 120 valence electrons. The zero-order valence-corrected chi connectivity index (χ0v) is 14.9. The third-order valence-electron chi connectivity index (χ3n) is 3.86. The maximum absolute atomic E-state index is 12.8. The summed E-state index contributed by atoms with van der Waals surface area (Å²) in [7, 11) is -3.57. The summed E-state index contributed by atoms with van der Waals surface area (Å²) in [5.74, 6) is 0.309. The van der Waals surface area contributed by atoms with Gasteiger partial charge in [-0.25, -0.2) is 8.42 Å². The van der Waals surface area contributed by atoms with Crippen molar-refractivity contribution in [3.05, 3.63) is 39.3 Å². The van der Waals surface area contributed by atoms with Crippen molar-refractivity contribution in [2.45, 2.75) is 24.3 Å². The summed E-state index contributed by atoms with van der Waals surface area (Å²) in [6, 6.07) is 5.40. The van der Waals surface area contributed by atoms with Gasteiger partial charge in [0.1, 0.15) is 9.23 Å². The monoisotopic (exact) mass is 378 g/mol. The van der Waals surface area contributed by atoms with E-state index in [4.69, 9.17) is 23.2 Å². The van der Waals surface area contributed by atoms with Gasteiger partial charge in [0.15, 0.2) is 0 Å². The molecule has 0 bridgehead atoms. The Labute approximate surface area is 144 Å². The van der Waals surface area contributed by atoms with Crippen LogP contribution in [0.4, 0.5) is 0 Å². The minimum atomic E-state index is -3.57. The summed E-state index contributed by atoms with van der Waals surface area (Å²) in [6.07, 6.45) is 5.90. The molecular weight excluding hydrogens is 363 g/mol. The Bertz CT molecular complexity index is 741. The molecule has 4 nitrogen and oxygen atoms in total. The van der Waals surface area contributed by atoms with E-state index in [0.717, 1.165) is 30.7 Å². The van der Waals surface area contributed by atoms with Crippen LogP contribution < -0.4 is 0 Å². The Balaban J connectivity index is 1.77. The number of hydrogen-bond acceptors (Lipinski definition) is 3. The van der Waals surface area contributed by atoms with Crippen LogP contribution in [0.3, 0.4) is 0 Å². The zero-order chi connectivity index (χ0) is 15.7. The maximum Gasteiger partial charge on any atom is 0.245 e. The normalized spacial score (nSPS) is 20.4. The average Bonchev–Trinajstić information content (AvgIpc) is 3.09. The molecule has 3 rings (SSSR count). The van der Waals surface area contributed by atoms with Crippen LogP contribution in [-0.4, -0.2) is 30.4 Å². The van der Waals surface area contributed by atoms with Gasteiger partial charge in [-0.3, -0.25) is 0 Å². The van der Waals surface area contributed by atoms with E-state index in [9.17, 15) is 8.42 Å². The minimum Gasteiger partial charge on any atom is -0.354 e. The Kier molecular flexibility index (Phi) is 4.85. The SMILES string of the molecule is O=S(=O)(c1cc(Cl)sc1Cl)N1CCC[C@H](Cn2cccc2)C1. The lowest BCUT2D eigenvalue weighted by Crippen LogP contribution is -2.40. The number of piperidine rings is 1. The quantitative estimate of drug-likeness (QED) is 0.807. The minimum absolute atomic E-state index is 0.130. The van der Waals surface area contributed by atoms with Gasteiger partial charge in [-0.05, 0) is 37.0 Å². The molecule has 1 aliphatic rings. The molecule has 0 radical (unpaired) electrons. The smallest absolute Gasteiger partial charge is 0.245 e. The number of thiophene rings is 1. The predicted molar refractivity (Wildman–Crippen MR) is 90.3 cm³/mol. The van der Waals surface area contributed by atoms with Crippen LogP contribution >= 0.6 is 34.5 Å². The van der Waals surface area contributed by atoms with Gasteiger partial charge in [0.2, 0.25) is 10.0 Å². The summed E-state index contributed by atoms with van der Waals surface area (Å²) in [5, 5.41) is 0. The highest BCUT2D eigenvalue weighted by Crippen LogP contribution is 2.36. The van der Waals surface area contributed by atoms with Crippen molar-refractivity contribution in [1.82, 2.24) is 8.87 Å². The van der Waals surface area contributed by atoms with E-state index in [1.165, 1.54) is 10.4 Å². The number of aromatic nitrogens is 1. The number of nitrogens with zero attached hydrogens (tertiary/aromatic N) is 2. The van der Waals surface area contributed by atoms with E-state index >= 15 is 0 Å². The molecule has 0 aromatic carbocycles. The van der Waals surface area contributed by atoms with Crippen molar-refractivity contribution >= 4 is 44.6 Å². The number of sulfonamides is 1. The van der Waals surface area contributed by atoms with Gasteiger partial charge in [-0.1, -0.05) is 23.2 Å². The molecule has 1 atom stereocenters. The van der Waals surface area contributed by atoms with Crippen LogP contribution in [0.15, 0.2) is 35.5 Å². The van der Waals surface area contributed by atoms with Crippen molar-refractivity contribution in [2.75, 3.05) is 13.1 Å². The van der Waals surface area contributed by atoms with Crippen molar-refractivity contribution < 1.29 is 8.42 Å². The fourth-order valence-corrected chi connectivity index (χ4v) is 6.49. The Morgan fingerprint density at radius 3 is 2.64 bits per heavy atom. The van der Waals surface area contributed by atoms with E-state index in [2.05, 4.69) is 4.57 Å². The molecule has 2 aromatic rings. The van der Waals surface area contributed by atoms with Gasteiger partial charge < -0.3 is 4.57 Å². The van der Waals surface area contributed by atoms with Gasteiger partial charge >= 0.3 is 0 Å². The van der Waals surface area contributed by atoms with Gasteiger partial charge in [0.25, 0.3) is 0 Å². The molecule has 0 unspecified atom stereocenters. The molecule has 1 fully saturated rings. The number of halogens is 2. The van der Waals surface area contributed by atoms with Crippen LogP contribution in [0.2, 0.25) is 8.67 Å². The maximum atomic E-state index is 12.8. The lowest BCUT2D eigenvalue weighted by atomic mass is 10.00. The first-order valence-corrected chi connectivity index (χ1v) is 10.0. The Hall–Kier alpha value is -0.530. The molecule has 0 amide bonds. The highest BCUT2D eigenvalue weighted by atomic mass is 35.5. The first-order valence-electron chi connectivity index (χ1n) is 7.02. The largest absolute Gasteiger partial charge is 0.354 e. The Morgan fingerprint density at radius 2 is 2.00 bits per heavy atom. The van der Waals surface area contributed by atoms with E-state index in [0.29, 0.717) is 23.3 Å². The molecule has 1 aliphatic heterocycles. The van der Waals surface area contributed by atoms with E-state index in [-0.39, 0.29) is 9.23 Å². The number of hydrogen-bond donors (Lipinski definition) is 0. The van der Waals surface area contributed by atoms with Gasteiger partial charge in [0.05, 0.1) is 4.34 Å². The summed E-state index contributed by atoms with van der Waals surface area (Å²) in [6.45, 7) is 1.88. The average molecular weight is 379 g/mol. The molecule has 0 spiro atoms. The molecule has 0 N–H and O–H groups in total. The first-order chi connectivity index (χ1) is 10.5. The second kappa shape index (κ2) is 6.53. The van der Waals surface area contributed by atoms with Crippen molar-refractivity contribution in [2.24, 2.45) is 5.92 Å². The molecular formula is C14H16Cl2N2O2S2. The standard InChI is InChI=1S/C14H16Cl2N2O2S2/c15-13-8-12(14(16)21-13)22(19,20)18-7-3-4-11(10-18)9-17-5-1-2-6-17/h1-2,5-6,8,11H,3-4,7,9-10H2/t11-/m1/s1. The highest BCUT2D eigenvalue weighted by molar-refractivity contribution is 7.89. The first kappa shape index (κ1) is 16.3. The van der Waals surface area contributed by atoms with Crippen LogP contribution in [-0.2, 0) is 16.6 Å². The predicted octanol–water partition coefficient (Wildman–Crippen LogP) is 3.96. The lowest BCUT2D eigenvalue weighted by molar-refractivity contribution is 0.245. The van der Waals surface area contributed by atoms with E-state index in [1.807, 2.05) is 24.5 Å². The van der Waals surface area contributed by atoms with Crippen molar-refractivity contribution in [3.63, 3.8) is 0 Å². The Morgan fingerprint density at radius 1 is 1.27 bits per heavy atom. The molecule has 22 heavy (non-hydrogen) atoms. The molecule has 3 heterocycles. The zero-order valence-electron chi connectivity index (χ0n) is 11.8. The van der Waals surface area contributed by atoms with E-state index in [1.54, 1.807) is 0 Å². The molecule has 0 saturated carbocycles. The highest BCUT2D eigenvalue weighted by Gasteiger charge is 2.32. The third kappa shape index (κ3) is 3.36. The molecule has 0 aliphatic carbocycles. The lowest BCUT2D eigenvalue weighted by Gasteiger charge is -2.32. The van der Waals surface area contributed by atoms with Crippen molar-refractivity contribution in [3.8, 4) is 0 Å². The van der Waals surface area contributed by atoms with Gasteiger partial charge in [0, 0.05) is 32.0 Å². The number of rotatable bonds is 4. The molecule has 8 heteroatoms. The second-order valence-electron chi connectivity index (χ2n) is 5.44. The summed E-state index contributed by atoms with van der Waals surface area (Å²) in [5.41, 5.74) is 0. The van der Waals surface area contributed by atoms with Crippen molar-refractivity contribution in [1.29, 1.82) is 0 Å². The van der Waals surface area contributed by atoms with Crippen LogP contribution in [0.5, 0.6) is 0 Å². The fraction of sp³-hybridized carbons (Fsp3) is 0.429. The van der Waals surface area contributed by atoms with Crippen LogP contribution in [0, 0.1) is 5.92 Å². The summed E-state index contributed by atoms with van der Waals surface area (Å²) in [4.78, 5) is 0.130. The van der Waals surface area contributed by atoms with Crippen LogP contribution in [0.1, 0.15) is 12.8 Å². The topological polar surface area (TPSA) is 42.3 Å². The summed E-state index contributed by atoms with van der Waals surface area (Å²) < 4.78 is 29.8. The van der Waals surface area contributed by atoms with Crippen LogP contribution in [0.25, 0.3) is 0 Å². The third-order valence-corrected chi connectivity index (χ3v) is 7.48. The van der Waals surface area contributed by atoms with Gasteiger partial charge in [-0.2, -0.15) is 4.31 Å². The summed E-state index contributed by atoms with van der Waals surface area (Å²) >= 11 is 13.0. The van der Waals surface area contributed by atoms with Gasteiger partial charge in [-0.15, -0.1) is 11.3 Å². The molecule has 1 saturated heterocycles. The molecule has 2 aromatic heterocycles. The fourth-order valence-electron chi connectivity index (χ4n) is 2.82.